The lowest BCUT2D eigenvalue weighted by atomic mass is 9.94. The number of hydrogen-bond acceptors (Lipinski definition) is 2. The van der Waals surface area contributed by atoms with E-state index in [-0.39, 0.29) is 10.6 Å². The first-order valence-electron chi connectivity index (χ1n) is 4.44. The summed E-state index contributed by atoms with van der Waals surface area (Å²) in [4.78, 5) is 14.5. The van der Waals surface area contributed by atoms with E-state index in [4.69, 9.17) is 11.6 Å². The van der Waals surface area contributed by atoms with Crippen LogP contribution in [0, 0.1) is 0 Å². The molecule has 1 aliphatic carbocycles. The number of fused-ring (bicyclic) bond motifs is 1. The number of allylic oxidation sites excluding steroid dienone is 6. The van der Waals surface area contributed by atoms with Crippen molar-refractivity contribution in [1.29, 1.82) is 0 Å². The fourth-order valence-corrected chi connectivity index (χ4v) is 1.60. The van der Waals surface area contributed by atoms with Crippen molar-refractivity contribution in [3.05, 3.63) is 34.5 Å². The molecule has 0 amide bonds. The van der Waals surface area contributed by atoms with Gasteiger partial charge in [-0.3, -0.25) is 4.79 Å². The van der Waals surface area contributed by atoms with Gasteiger partial charge in [-0.25, -0.2) is 9.38 Å². The normalized spacial score (nSPS) is 24.5. The molecule has 0 saturated heterocycles. The van der Waals surface area contributed by atoms with E-state index >= 15 is 0 Å². The third-order valence-electron chi connectivity index (χ3n) is 2.23. The summed E-state index contributed by atoms with van der Waals surface area (Å²) in [5.74, 6) is -0.926. The van der Waals surface area contributed by atoms with Crippen molar-refractivity contribution in [3.8, 4) is 0 Å². The molecule has 0 fully saturated rings. The van der Waals surface area contributed by atoms with Gasteiger partial charge in [0.1, 0.15) is 5.70 Å². The van der Waals surface area contributed by atoms with Crippen molar-refractivity contribution in [2.45, 2.75) is 12.3 Å². The van der Waals surface area contributed by atoms with Crippen molar-refractivity contribution >= 4 is 23.1 Å². The lowest BCUT2D eigenvalue weighted by Crippen LogP contribution is -2.30. The standard InChI is InChI=1S/C10H4ClF4NO/c11-5-2-1-4-6(17)3-7(10(13,14)15)16-9(4)8(5)12/h1-3,8H. The molecule has 1 heterocycles. The van der Waals surface area contributed by atoms with Crippen LogP contribution in [0.5, 0.6) is 0 Å². The maximum Gasteiger partial charge on any atom is 0.433 e. The lowest BCUT2D eigenvalue weighted by molar-refractivity contribution is -0.113. The molecule has 0 radical (unpaired) electrons. The number of carbonyl (C=O) groups excluding carboxylic acids is 1. The fraction of sp³-hybridized carbons (Fsp3) is 0.200. The highest BCUT2D eigenvalue weighted by Crippen LogP contribution is 2.33. The topological polar surface area (TPSA) is 29.4 Å². The van der Waals surface area contributed by atoms with E-state index < -0.39 is 29.5 Å². The Morgan fingerprint density at radius 2 is 1.94 bits per heavy atom. The van der Waals surface area contributed by atoms with Gasteiger partial charge in [-0.15, -0.1) is 0 Å². The summed E-state index contributed by atoms with van der Waals surface area (Å²) in [6, 6.07) is 0. The Balaban J connectivity index is 2.51. The number of hydrogen-bond donors (Lipinski definition) is 0. The highest BCUT2D eigenvalue weighted by atomic mass is 35.5. The molecular formula is C10H4ClF4NO. The largest absolute Gasteiger partial charge is 0.433 e. The van der Waals surface area contributed by atoms with Crippen molar-refractivity contribution in [1.82, 2.24) is 0 Å². The van der Waals surface area contributed by atoms with Crippen LogP contribution in [0.15, 0.2) is 39.5 Å². The number of ketones is 1. The first-order valence-corrected chi connectivity index (χ1v) is 4.82. The number of aliphatic imine (C=N–C) groups is 1. The molecule has 0 spiro atoms. The predicted molar refractivity (Wildman–Crippen MR) is 53.5 cm³/mol. The second-order valence-corrected chi connectivity index (χ2v) is 3.82. The van der Waals surface area contributed by atoms with Crippen molar-refractivity contribution < 1.29 is 22.4 Å². The van der Waals surface area contributed by atoms with Crippen molar-refractivity contribution in [2.75, 3.05) is 0 Å². The van der Waals surface area contributed by atoms with Crippen LogP contribution in [0.1, 0.15) is 0 Å². The Kier molecular flexibility index (Phi) is 2.69. The van der Waals surface area contributed by atoms with Gasteiger partial charge in [0.15, 0.2) is 12.0 Å². The highest BCUT2D eigenvalue weighted by molar-refractivity contribution is 6.38. The van der Waals surface area contributed by atoms with Gasteiger partial charge in [0.2, 0.25) is 0 Å². The van der Waals surface area contributed by atoms with Gasteiger partial charge in [-0.2, -0.15) is 13.2 Å². The first kappa shape index (κ1) is 12.0. The number of alkyl halides is 4. The second-order valence-electron chi connectivity index (χ2n) is 3.38. The molecule has 17 heavy (non-hydrogen) atoms. The summed E-state index contributed by atoms with van der Waals surface area (Å²) >= 11 is 5.45. The minimum Gasteiger partial charge on any atom is -0.289 e. The van der Waals surface area contributed by atoms with E-state index in [1.165, 1.54) is 0 Å². The number of carbonyl (C=O) groups is 1. The Labute approximate surface area is 98.0 Å². The van der Waals surface area contributed by atoms with Gasteiger partial charge in [0, 0.05) is 11.6 Å². The first-order chi connectivity index (χ1) is 7.80. The molecule has 7 heteroatoms. The Morgan fingerprint density at radius 1 is 1.29 bits per heavy atom. The van der Waals surface area contributed by atoms with Crippen LogP contribution in [0.2, 0.25) is 0 Å². The summed E-state index contributed by atoms with van der Waals surface area (Å²) in [5.41, 5.74) is -2.20. The van der Waals surface area contributed by atoms with Gasteiger partial charge in [-0.05, 0) is 12.2 Å². The Morgan fingerprint density at radius 3 is 2.53 bits per heavy atom. The molecule has 0 aromatic carbocycles. The summed E-state index contributed by atoms with van der Waals surface area (Å²) in [6.45, 7) is 0. The van der Waals surface area contributed by atoms with Crippen molar-refractivity contribution in [2.24, 2.45) is 4.99 Å². The van der Waals surface area contributed by atoms with Gasteiger partial charge < -0.3 is 0 Å². The summed E-state index contributed by atoms with van der Waals surface area (Å²) in [6.07, 6.45) is -4.16. The zero-order valence-electron chi connectivity index (χ0n) is 8.05. The lowest BCUT2D eigenvalue weighted by Gasteiger charge is -2.21. The molecule has 0 aromatic heterocycles. The van der Waals surface area contributed by atoms with Crippen LogP contribution < -0.4 is 0 Å². The van der Waals surface area contributed by atoms with Gasteiger partial charge in [-0.1, -0.05) is 11.6 Å². The summed E-state index contributed by atoms with van der Waals surface area (Å²) in [7, 11) is 0. The minimum absolute atomic E-state index is 0.199. The molecule has 2 aliphatic rings. The van der Waals surface area contributed by atoms with Crippen LogP contribution in [-0.4, -0.2) is 23.8 Å². The summed E-state index contributed by atoms with van der Waals surface area (Å²) in [5, 5.41) is -0.302. The third-order valence-corrected chi connectivity index (χ3v) is 2.55. The molecule has 1 aliphatic heterocycles. The maximum absolute atomic E-state index is 13.5. The quantitative estimate of drug-likeness (QED) is 0.619. The highest BCUT2D eigenvalue weighted by Gasteiger charge is 2.40. The monoisotopic (exact) mass is 265 g/mol. The van der Waals surface area contributed by atoms with Crippen LogP contribution in [0.4, 0.5) is 17.6 Å². The number of nitrogens with zero attached hydrogens (tertiary/aromatic N) is 1. The van der Waals surface area contributed by atoms with Gasteiger partial charge in [0.25, 0.3) is 0 Å². The number of rotatable bonds is 0. The van der Waals surface area contributed by atoms with E-state index in [0.29, 0.717) is 6.08 Å². The van der Waals surface area contributed by atoms with E-state index in [2.05, 4.69) is 4.99 Å². The van der Waals surface area contributed by atoms with E-state index in [1.54, 1.807) is 0 Å². The molecular weight excluding hydrogens is 262 g/mol. The molecule has 2 rings (SSSR count). The molecule has 0 aromatic rings. The Bertz CT molecular complexity index is 513. The molecule has 0 N–H and O–H groups in total. The molecule has 90 valence electrons. The zero-order chi connectivity index (χ0) is 12.8. The van der Waals surface area contributed by atoms with E-state index in [0.717, 1.165) is 12.2 Å². The van der Waals surface area contributed by atoms with Gasteiger partial charge >= 0.3 is 6.18 Å². The van der Waals surface area contributed by atoms with Crippen LogP contribution in [0.3, 0.4) is 0 Å². The van der Waals surface area contributed by atoms with Crippen molar-refractivity contribution in [3.63, 3.8) is 0 Å². The molecule has 0 bridgehead atoms. The average molecular weight is 266 g/mol. The smallest absolute Gasteiger partial charge is 0.289 e. The third kappa shape index (κ3) is 2.04. The number of halogens is 5. The average Bonchev–Trinajstić information content (AvgIpc) is 2.22. The second kappa shape index (κ2) is 3.80. The van der Waals surface area contributed by atoms with E-state index in [9.17, 15) is 22.4 Å². The Hall–Kier alpha value is -1.43. The van der Waals surface area contributed by atoms with Gasteiger partial charge in [0.05, 0.1) is 10.7 Å². The molecule has 1 unspecified atom stereocenters. The maximum atomic E-state index is 13.5. The molecule has 0 saturated carbocycles. The zero-order valence-corrected chi connectivity index (χ0v) is 8.81. The minimum atomic E-state index is -4.79. The molecule has 1 atom stereocenters. The van der Waals surface area contributed by atoms with Crippen LogP contribution >= 0.6 is 11.6 Å². The summed E-state index contributed by atoms with van der Waals surface area (Å²) < 4.78 is 50.7. The van der Waals surface area contributed by atoms with Crippen LogP contribution in [0.25, 0.3) is 0 Å². The van der Waals surface area contributed by atoms with Crippen LogP contribution in [-0.2, 0) is 4.79 Å². The molecule has 2 nitrogen and oxygen atoms in total. The fourth-order valence-electron chi connectivity index (χ4n) is 1.43. The van der Waals surface area contributed by atoms with E-state index in [1.807, 2.05) is 0 Å². The predicted octanol–water partition coefficient (Wildman–Crippen LogP) is 2.86. The SMILES string of the molecule is O=C1C=C(C(F)(F)F)N=C2C1=CC=C(Cl)C2F.